The maximum Gasteiger partial charge on any atom is 0.242 e. The van der Waals surface area contributed by atoms with Crippen molar-refractivity contribution in [2.75, 3.05) is 37.7 Å². The third-order valence-corrected chi connectivity index (χ3v) is 11.8. The Balaban J connectivity index is 1.22. The number of unbranched alkanes of at least 4 members (excludes halogenated alkanes) is 8. The van der Waals surface area contributed by atoms with Crippen LogP contribution in [0.1, 0.15) is 133 Å². The molecule has 2 aromatic carbocycles. The number of hydrogen-bond donors (Lipinski definition) is 9. The fourth-order valence-corrected chi connectivity index (χ4v) is 8.09. The minimum Gasteiger partial charge on any atom is -0.397 e. The number of nitrogens with one attached hydrogen (secondary N) is 5. The van der Waals surface area contributed by atoms with Crippen molar-refractivity contribution in [2.45, 2.75) is 154 Å². The highest BCUT2D eigenvalue weighted by Gasteiger charge is 2.40. The number of ether oxygens (including phenoxy) is 2. The van der Waals surface area contributed by atoms with Crippen molar-refractivity contribution in [3.8, 4) is 0 Å². The van der Waals surface area contributed by atoms with Gasteiger partial charge in [-0.15, -0.1) is 0 Å². The molecule has 5 atom stereocenters. The smallest absolute Gasteiger partial charge is 0.242 e. The number of hydrogen-bond acceptors (Lipinski definition) is 12. The Bertz CT molecular complexity index is 1960. The summed E-state index contributed by atoms with van der Waals surface area (Å²) in [5, 5.41) is 34.8. The molecule has 1 fully saturated rings. The predicted molar refractivity (Wildman–Crippen MR) is 255 cm³/mol. The molecule has 18 heteroatoms. The van der Waals surface area contributed by atoms with Crippen LogP contribution in [0.4, 0.5) is 5.69 Å². The first-order valence-corrected chi connectivity index (χ1v) is 24.0. The van der Waals surface area contributed by atoms with E-state index in [9.17, 15) is 39.0 Å². The van der Waals surface area contributed by atoms with E-state index in [2.05, 4.69) is 33.5 Å². The second kappa shape index (κ2) is 29.3. The summed E-state index contributed by atoms with van der Waals surface area (Å²) in [5.74, 6) is -1.97. The van der Waals surface area contributed by atoms with Gasteiger partial charge in [0.25, 0.3) is 0 Å². The molecule has 0 bridgehead atoms. The summed E-state index contributed by atoms with van der Waals surface area (Å²) in [6, 6.07) is 13.5. The number of benzene rings is 2. The number of aliphatic hydroxyl groups is 2. The molecule has 2 heterocycles. The zero-order valence-corrected chi connectivity index (χ0v) is 39.3. The average molecular weight is 935 g/mol. The second-order valence-corrected chi connectivity index (χ2v) is 17.3. The predicted octanol–water partition coefficient (Wildman–Crippen LogP) is 2.97. The number of anilines is 1. The normalized spacial score (nSPS) is 19.4. The second-order valence-electron chi connectivity index (χ2n) is 17.3. The Hall–Kier alpha value is -5.56. The summed E-state index contributed by atoms with van der Waals surface area (Å²) < 4.78 is 11.2. The zero-order chi connectivity index (χ0) is 48.6. The molecular weight excluding hydrogens is 861 g/mol. The van der Waals surface area contributed by atoms with Gasteiger partial charge in [-0.3, -0.25) is 28.8 Å². The quantitative estimate of drug-likeness (QED) is 0.0533. The van der Waals surface area contributed by atoms with E-state index in [-0.39, 0.29) is 62.3 Å². The molecule has 67 heavy (non-hydrogen) atoms. The first-order valence-electron chi connectivity index (χ1n) is 24.0. The van der Waals surface area contributed by atoms with Gasteiger partial charge in [0.15, 0.2) is 6.29 Å². The van der Waals surface area contributed by atoms with Crippen molar-refractivity contribution >= 4 is 52.5 Å². The molecule has 0 radical (unpaired) electrons. The van der Waals surface area contributed by atoms with E-state index >= 15 is 0 Å². The van der Waals surface area contributed by atoms with Gasteiger partial charge in [0, 0.05) is 70.0 Å². The molecule has 2 aliphatic heterocycles. The van der Waals surface area contributed by atoms with Gasteiger partial charge < -0.3 is 62.6 Å². The van der Waals surface area contributed by atoms with Crippen LogP contribution in [-0.4, -0.2) is 109 Å². The molecule has 2 aromatic rings. The lowest BCUT2D eigenvalue weighted by Crippen LogP contribution is -2.60. The van der Waals surface area contributed by atoms with E-state index < -0.39 is 42.4 Å². The third kappa shape index (κ3) is 18.2. The van der Waals surface area contributed by atoms with E-state index in [0.29, 0.717) is 82.0 Å². The SMILES string of the molecule is CCCCCCNC(=O)CCC(=O)N1Cc2ccccc2/C(N)=C(/NCCCCCC(=O)NC(CCC(N)=O)C(=O)NCCCCCCO[C@@H]2OC[C@H](O)[C@H](O)[C@H]2NC(C)=O)c2ccccc21. The van der Waals surface area contributed by atoms with E-state index in [1.807, 2.05) is 48.5 Å². The fourth-order valence-electron chi connectivity index (χ4n) is 8.09. The Kier molecular flexibility index (Phi) is 23.6. The Labute approximate surface area is 394 Å². The summed E-state index contributed by atoms with van der Waals surface area (Å²) in [7, 11) is 0. The number of primary amides is 1. The van der Waals surface area contributed by atoms with Crippen LogP contribution in [0.5, 0.6) is 0 Å². The van der Waals surface area contributed by atoms with Crippen molar-refractivity contribution in [3.05, 3.63) is 65.2 Å². The average Bonchev–Trinajstić information content (AvgIpc) is 3.30. The lowest BCUT2D eigenvalue weighted by molar-refractivity contribution is -0.233. The summed E-state index contributed by atoms with van der Waals surface area (Å²) >= 11 is 0. The number of nitrogens with two attached hydrogens (primary N) is 2. The number of aliphatic hydroxyl groups excluding tert-OH is 2. The van der Waals surface area contributed by atoms with Crippen molar-refractivity contribution in [3.63, 3.8) is 0 Å². The Morgan fingerprint density at radius 1 is 0.791 bits per heavy atom. The number of rotatable bonds is 29. The van der Waals surface area contributed by atoms with Crippen LogP contribution in [0, 0.1) is 0 Å². The summed E-state index contributed by atoms with van der Waals surface area (Å²) in [6.45, 7) is 5.42. The molecule has 1 unspecified atom stereocenters. The van der Waals surface area contributed by atoms with Crippen LogP contribution >= 0.6 is 0 Å². The fraction of sp³-hybridized carbons (Fsp3) is 0.592. The van der Waals surface area contributed by atoms with E-state index in [0.717, 1.165) is 55.2 Å². The molecule has 18 nitrogen and oxygen atoms in total. The number of para-hydroxylation sites is 1. The number of amides is 6. The first-order chi connectivity index (χ1) is 32.3. The molecule has 0 aromatic heterocycles. The molecule has 370 valence electrons. The molecule has 0 saturated carbocycles. The number of carbonyl (C=O) groups is 6. The van der Waals surface area contributed by atoms with Gasteiger partial charge in [-0.25, -0.2) is 0 Å². The van der Waals surface area contributed by atoms with Gasteiger partial charge in [0.05, 0.1) is 30.2 Å². The van der Waals surface area contributed by atoms with Crippen molar-refractivity contribution in [2.24, 2.45) is 11.5 Å². The number of carbonyl (C=O) groups excluding carboxylic acids is 6. The van der Waals surface area contributed by atoms with Gasteiger partial charge in [-0.1, -0.05) is 87.9 Å². The maximum absolute atomic E-state index is 13.9. The third-order valence-electron chi connectivity index (χ3n) is 11.8. The van der Waals surface area contributed by atoms with Crippen LogP contribution in [0.25, 0.3) is 11.4 Å². The van der Waals surface area contributed by atoms with Crippen molar-refractivity contribution in [1.29, 1.82) is 0 Å². The highest BCUT2D eigenvalue weighted by molar-refractivity contribution is 6.02. The number of fused-ring (bicyclic) bond motifs is 2. The maximum atomic E-state index is 13.9. The lowest BCUT2D eigenvalue weighted by Gasteiger charge is -2.38. The van der Waals surface area contributed by atoms with Crippen LogP contribution in [-0.2, 0) is 44.8 Å². The largest absolute Gasteiger partial charge is 0.397 e. The van der Waals surface area contributed by atoms with Gasteiger partial charge in [-0.2, -0.15) is 0 Å². The van der Waals surface area contributed by atoms with Gasteiger partial charge >= 0.3 is 0 Å². The topological polar surface area (TPSA) is 277 Å². The van der Waals surface area contributed by atoms with Crippen LogP contribution in [0.3, 0.4) is 0 Å². The van der Waals surface area contributed by atoms with Crippen LogP contribution in [0.2, 0.25) is 0 Å². The van der Waals surface area contributed by atoms with Crippen molar-refractivity contribution in [1.82, 2.24) is 26.6 Å². The van der Waals surface area contributed by atoms with E-state index in [1.54, 1.807) is 4.90 Å². The Morgan fingerprint density at radius 3 is 2.21 bits per heavy atom. The minimum atomic E-state index is -1.21. The molecule has 6 amide bonds. The van der Waals surface area contributed by atoms with Crippen LogP contribution < -0.4 is 43.0 Å². The number of nitrogens with zero attached hydrogens (tertiary/aromatic N) is 1. The van der Waals surface area contributed by atoms with Crippen LogP contribution in [0.15, 0.2) is 48.5 Å². The molecule has 4 rings (SSSR count). The first kappa shape index (κ1) is 54.0. The van der Waals surface area contributed by atoms with E-state index in [4.69, 9.17) is 20.9 Å². The standard InChI is InChI=1S/C49H74N8O10/c1-3-4-5-14-27-52-41(61)25-26-43(63)57-31-34-18-10-11-19-35(34)44(51)45(36-20-12-13-21-38(36)57)53-28-16-8-9-22-42(62)56-37(23-24-40(50)60)48(65)54-29-15-6-7-17-30-66-49-46(55-33(2)58)47(64)39(59)32-67-49/h10-13,18-21,37,39,46-47,49,53,59,64H,3-9,14-17,22-32,51H2,1-2H3,(H2,50,60)(H,52,61)(H,54,65)(H,55,58)(H,56,62)/b45-44-/t37?,39-,46+,47-,49+/m0/s1. The summed E-state index contributed by atoms with van der Waals surface area (Å²) in [6.07, 6.45) is 6.10. The molecule has 0 spiro atoms. The van der Waals surface area contributed by atoms with E-state index in [1.165, 1.54) is 6.92 Å². The summed E-state index contributed by atoms with van der Waals surface area (Å²) in [5.41, 5.74) is 16.6. The van der Waals surface area contributed by atoms with Crippen molar-refractivity contribution < 1.29 is 48.5 Å². The molecule has 1 saturated heterocycles. The molecule has 0 aliphatic carbocycles. The monoisotopic (exact) mass is 935 g/mol. The molecule has 2 aliphatic rings. The lowest BCUT2D eigenvalue weighted by atomic mass is 9.95. The zero-order valence-electron chi connectivity index (χ0n) is 39.3. The van der Waals surface area contributed by atoms with Gasteiger partial charge in [0.1, 0.15) is 24.3 Å². The van der Waals surface area contributed by atoms with Gasteiger partial charge in [-0.05, 0) is 50.2 Å². The minimum absolute atomic E-state index is 0.0614. The highest BCUT2D eigenvalue weighted by Crippen LogP contribution is 2.35. The highest BCUT2D eigenvalue weighted by atomic mass is 16.7. The Morgan fingerprint density at radius 2 is 1.46 bits per heavy atom. The molecular formula is C49H74N8O10. The van der Waals surface area contributed by atoms with Gasteiger partial charge in [0.2, 0.25) is 35.4 Å². The summed E-state index contributed by atoms with van der Waals surface area (Å²) in [4.78, 5) is 77.5. The molecule has 11 N–H and O–H groups in total.